The molecule has 0 unspecified atom stereocenters. The zero-order chi connectivity index (χ0) is 11.9. The van der Waals surface area contributed by atoms with Gasteiger partial charge in [-0.1, -0.05) is 0 Å². The summed E-state index contributed by atoms with van der Waals surface area (Å²) in [5.41, 5.74) is -0.816. The van der Waals surface area contributed by atoms with Crippen LogP contribution >= 0.6 is 0 Å². The van der Waals surface area contributed by atoms with Crippen LogP contribution in [0.3, 0.4) is 0 Å². The molecule has 0 aliphatic carbocycles. The van der Waals surface area contributed by atoms with Gasteiger partial charge in [-0.3, -0.25) is 0 Å². The summed E-state index contributed by atoms with van der Waals surface area (Å²) in [5, 5.41) is 25.2. The SMILES string of the molecule is Cc1nc2c(C(F)F)cc(B(O)O)nn2n1. The predicted octanol–water partition coefficient (Wildman–Crippen LogP) is -0.950. The van der Waals surface area contributed by atoms with Crippen LogP contribution in [0, 0.1) is 6.92 Å². The van der Waals surface area contributed by atoms with Crippen molar-refractivity contribution in [3.05, 3.63) is 17.5 Å². The lowest BCUT2D eigenvalue weighted by Crippen LogP contribution is -2.35. The lowest BCUT2D eigenvalue weighted by Gasteiger charge is -2.04. The number of aryl methyl sites for hydroxylation is 1. The van der Waals surface area contributed by atoms with Crippen LogP contribution in [0.1, 0.15) is 17.8 Å². The van der Waals surface area contributed by atoms with Crippen LogP contribution in [-0.4, -0.2) is 37.0 Å². The van der Waals surface area contributed by atoms with Crippen LogP contribution < -0.4 is 5.59 Å². The Labute approximate surface area is 88.7 Å². The van der Waals surface area contributed by atoms with Crippen molar-refractivity contribution >= 4 is 18.4 Å². The van der Waals surface area contributed by atoms with Gasteiger partial charge in [-0.2, -0.15) is 5.10 Å². The Hall–Kier alpha value is -1.61. The van der Waals surface area contributed by atoms with Gasteiger partial charge in [-0.25, -0.2) is 13.8 Å². The molecule has 6 nitrogen and oxygen atoms in total. The maximum atomic E-state index is 12.7. The molecule has 84 valence electrons. The Bertz CT molecular complexity index is 530. The summed E-state index contributed by atoms with van der Waals surface area (Å²) < 4.78 is 26.2. The quantitative estimate of drug-likeness (QED) is 0.647. The van der Waals surface area contributed by atoms with Crippen LogP contribution in [0.5, 0.6) is 0 Å². The van der Waals surface area contributed by atoms with Gasteiger partial charge in [0.1, 0.15) is 5.82 Å². The second-order valence-electron chi connectivity index (χ2n) is 3.17. The number of hydrogen-bond donors (Lipinski definition) is 2. The van der Waals surface area contributed by atoms with E-state index in [4.69, 9.17) is 10.0 Å². The van der Waals surface area contributed by atoms with Gasteiger partial charge < -0.3 is 10.0 Å². The van der Waals surface area contributed by atoms with Crippen molar-refractivity contribution in [2.24, 2.45) is 0 Å². The first-order valence-electron chi connectivity index (χ1n) is 4.38. The number of alkyl halides is 2. The van der Waals surface area contributed by atoms with E-state index in [1.807, 2.05) is 0 Å². The molecule has 0 aliphatic rings. The molecule has 0 saturated heterocycles. The van der Waals surface area contributed by atoms with Crippen molar-refractivity contribution in [1.82, 2.24) is 19.8 Å². The summed E-state index contributed by atoms with van der Waals surface area (Å²) in [4.78, 5) is 3.78. The third kappa shape index (κ3) is 1.74. The molecule has 2 aromatic heterocycles. The minimum atomic E-state index is -2.79. The highest BCUT2D eigenvalue weighted by Crippen LogP contribution is 2.20. The Morgan fingerprint density at radius 1 is 1.38 bits per heavy atom. The highest BCUT2D eigenvalue weighted by atomic mass is 19.3. The van der Waals surface area contributed by atoms with E-state index in [-0.39, 0.29) is 17.1 Å². The highest BCUT2D eigenvalue weighted by molar-refractivity contribution is 6.57. The molecule has 0 atom stereocenters. The number of fused-ring (bicyclic) bond motifs is 1. The molecule has 2 N–H and O–H groups in total. The highest BCUT2D eigenvalue weighted by Gasteiger charge is 2.22. The lowest BCUT2D eigenvalue weighted by molar-refractivity contribution is 0.152. The van der Waals surface area contributed by atoms with Gasteiger partial charge in [0.2, 0.25) is 0 Å². The van der Waals surface area contributed by atoms with E-state index in [9.17, 15) is 8.78 Å². The molecule has 0 spiro atoms. The molecule has 9 heteroatoms. The summed E-state index contributed by atoms with van der Waals surface area (Å²) >= 11 is 0. The fourth-order valence-corrected chi connectivity index (χ4v) is 1.30. The third-order valence-corrected chi connectivity index (χ3v) is 1.97. The molecule has 0 amide bonds. The number of hydrogen-bond acceptors (Lipinski definition) is 5. The standard InChI is InChI=1S/C7H7BF2N4O2/c1-3-11-7-4(6(9)10)2-5(8(15)16)13-14(7)12-3/h2,6,15-16H,1H3. The van der Waals surface area contributed by atoms with Gasteiger partial charge in [0.25, 0.3) is 6.43 Å². The zero-order valence-corrected chi connectivity index (χ0v) is 8.17. The lowest BCUT2D eigenvalue weighted by atomic mass is 9.85. The fraction of sp³-hybridized carbons (Fsp3) is 0.286. The summed E-state index contributed by atoms with van der Waals surface area (Å²) in [5.74, 6) is 0.277. The molecular weight excluding hydrogens is 221 g/mol. The first-order valence-corrected chi connectivity index (χ1v) is 4.38. The number of halogens is 2. The van der Waals surface area contributed by atoms with Crippen molar-refractivity contribution in [2.75, 3.05) is 0 Å². The molecule has 16 heavy (non-hydrogen) atoms. The zero-order valence-electron chi connectivity index (χ0n) is 8.17. The van der Waals surface area contributed by atoms with E-state index in [0.717, 1.165) is 10.7 Å². The molecule has 0 aromatic carbocycles. The summed E-state index contributed by atoms with van der Waals surface area (Å²) in [6.07, 6.45) is -2.79. The van der Waals surface area contributed by atoms with Gasteiger partial charge in [-0.15, -0.1) is 9.73 Å². The monoisotopic (exact) mass is 228 g/mol. The summed E-state index contributed by atoms with van der Waals surface area (Å²) in [6, 6.07) is 0.902. The average Bonchev–Trinajstić information content (AvgIpc) is 2.55. The molecule has 2 heterocycles. The van der Waals surface area contributed by atoms with E-state index in [1.54, 1.807) is 0 Å². The number of aromatic nitrogens is 4. The molecule has 2 rings (SSSR count). The molecule has 0 aliphatic heterocycles. The molecule has 0 radical (unpaired) electrons. The van der Waals surface area contributed by atoms with Crippen LogP contribution in [0.4, 0.5) is 8.78 Å². The molecular formula is C7H7BF2N4O2. The molecule has 2 aromatic rings. The molecule has 0 bridgehead atoms. The third-order valence-electron chi connectivity index (χ3n) is 1.97. The fourth-order valence-electron chi connectivity index (χ4n) is 1.30. The Kier molecular flexibility index (Phi) is 2.56. The van der Waals surface area contributed by atoms with Crippen molar-refractivity contribution in [3.8, 4) is 0 Å². The largest absolute Gasteiger partial charge is 0.510 e. The summed E-state index contributed by atoms with van der Waals surface area (Å²) in [6.45, 7) is 1.53. The van der Waals surface area contributed by atoms with E-state index in [0.29, 0.717) is 0 Å². The molecule has 0 fully saturated rings. The molecule has 0 saturated carbocycles. The normalized spacial score (nSPS) is 11.4. The first-order chi connectivity index (χ1) is 7.49. The van der Waals surface area contributed by atoms with Gasteiger partial charge >= 0.3 is 7.12 Å². The Morgan fingerprint density at radius 2 is 2.06 bits per heavy atom. The van der Waals surface area contributed by atoms with Crippen LogP contribution in [0.2, 0.25) is 0 Å². The van der Waals surface area contributed by atoms with Crippen LogP contribution in [0.25, 0.3) is 5.65 Å². The van der Waals surface area contributed by atoms with E-state index in [2.05, 4.69) is 15.2 Å². The predicted molar refractivity (Wildman–Crippen MR) is 50.3 cm³/mol. The van der Waals surface area contributed by atoms with Gasteiger partial charge in [0, 0.05) is 0 Å². The number of nitrogens with zero attached hydrogens (tertiary/aromatic N) is 4. The first kappa shape index (κ1) is 10.9. The second-order valence-corrected chi connectivity index (χ2v) is 3.17. The second kappa shape index (κ2) is 3.76. The Morgan fingerprint density at radius 3 is 2.62 bits per heavy atom. The Balaban J connectivity index is 2.73. The maximum absolute atomic E-state index is 12.7. The summed E-state index contributed by atoms with van der Waals surface area (Å²) in [7, 11) is -1.92. The van der Waals surface area contributed by atoms with Crippen molar-refractivity contribution < 1.29 is 18.8 Å². The van der Waals surface area contributed by atoms with E-state index in [1.165, 1.54) is 6.92 Å². The van der Waals surface area contributed by atoms with Crippen molar-refractivity contribution in [3.63, 3.8) is 0 Å². The van der Waals surface area contributed by atoms with Gasteiger partial charge in [0.15, 0.2) is 5.65 Å². The van der Waals surface area contributed by atoms with Crippen LogP contribution in [0.15, 0.2) is 6.07 Å². The minimum Gasteiger partial charge on any atom is -0.422 e. The minimum absolute atomic E-state index is 0.0862. The average molecular weight is 228 g/mol. The van der Waals surface area contributed by atoms with E-state index >= 15 is 0 Å². The van der Waals surface area contributed by atoms with Gasteiger partial charge in [0.05, 0.1) is 11.2 Å². The maximum Gasteiger partial charge on any atom is 0.510 e. The van der Waals surface area contributed by atoms with E-state index < -0.39 is 19.1 Å². The van der Waals surface area contributed by atoms with Crippen molar-refractivity contribution in [2.45, 2.75) is 13.3 Å². The topological polar surface area (TPSA) is 83.5 Å². The van der Waals surface area contributed by atoms with Crippen molar-refractivity contribution in [1.29, 1.82) is 0 Å². The number of rotatable bonds is 2. The smallest absolute Gasteiger partial charge is 0.422 e. The van der Waals surface area contributed by atoms with Gasteiger partial charge in [-0.05, 0) is 13.0 Å². The van der Waals surface area contributed by atoms with Crippen LogP contribution in [-0.2, 0) is 0 Å².